The molecule has 0 saturated heterocycles. The van der Waals surface area contributed by atoms with Gasteiger partial charge in [0.1, 0.15) is 17.6 Å². The number of ether oxygens (including phenoxy) is 3. The Morgan fingerprint density at radius 3 is 2.54 bits per heavy atom. The van der Waals surface area contributed by atoms with Crippen LogP contribution in [0, 0.1) is 5.92 Å². The SMILES string of the molecule is COc1ccc(COC[C@@H]2C/C=C\CCN(C(=O)OC(C)(C)C)[C@@H]2C=O)cc1. The van der Waals surface area contributed by atoms with E-state index in [2.05, 4.69) is 6.08 Å². The van der Waals surface area contributed by atoms with E-state index in [0.717, 1.165) is 17.6 Å². The van der Waals surface area contributed by atoms with Gasteiger partial charge in [-0.25, -0.2) is 4.79 Å². The molecule has 0 unspecified atom stereocenters. The third-order valence-corrected chi connectivity index (χ3v) is 4.51. The Kier molecular flexibility index (Phi) is 8.05. The molecule has 6 heteroatoms. The van der Waals surface area contributed by atoms with Gasteiger partial charge in [0.25, 0.3) is 0 Å². The van der Waals surface area contributed by atoms with Crippen LogP contribution in [0.4, 0.5) is 4.79 Å². The molecular formula is C22H31NO5. The lowest BCUT2D eigenvalue weighted by molar-refractivity contribution is -0.115. The molecule has 28 heavy (non-hydrogen) atoms. The molecule has 1 amide bonds. The Hall–Kier alpha value is -2.34. The van der Waals surface area contributed by atoms with Crippen LogP contribution in [-0.4, -0.2) is 49.2 Å². The molecule has 1 aromatic carbocycles. The smallest absolute Gasteiger partial charge is 0.410 e. The van der Waals surface area contributed by atoms with Gasteiger partial charge >= 0.3 is 6.09 Å². The van der Waals surface area contributed by atoms with Gasteiger partial charge in [-0.1, -0.05) is 24.3 Å². The van der Waals surface area contributed by atoms with Crippen LogP contribution < -0.4 is 4.74 Å². The second-order valence-electron chi connectivity index (χ2n) is 7.92. The highest BCUT2D eigenvalue weighted by atomic mass is 16.6. The van der Waals surface area contributed by atoms with E-state index in [0.29, 0.717) is 32.6 Å². The largest absolute Gasteiger partial charge is 0.497 e. The van der Waals surface area contributed by atoms with Crippen LogP contribution >= 0.6 is 0 Å². The first-order valence-corrected chi connectivity index (χ1v) is 9.64. The Labute approximate surface area is 167 Å². The van der Waals surface area contributed by atoms with Crippen molar-refractivity contribution in [3.05, 3.63) is 42.0 Å². The van der Waals surface area contributed by atoms with E-state index in [1.165, 1.54) is 4.90 Å². The van der Waals surface area contributed by atoms with Crippen molar-refractivity contribution in [1.29, 1.82) is 0 Å². The molecule has 0 aliphatic carbocycles. The summed E-state index contributed by atoms with van der Waals surface area (Å²) in [7, 11) is 1.63. The Morgan fingerprint density at radius 2 is 1.93 bits per heavy atom. The normalized spacial score (nSPS) is 21.4. The standard InChI is InChI=1S/C22H31NO5/c1-22(2,3)28-21(25)23-13-7-5-6-8-18(20(23)14-24)16-27-15-17-9-11-19(26-4)12-10-17/h5-6,9-12,14,18,20H,7-8,13,15-16H2,1-4H3/b6-5-/t18-,20+/m0/s1. The molecule has 1 aliphatic heterocycles. The van der Waals surface area contributed by atoms with Gasteiger partial charge in [0, 0.05) is 12.5 Å². The Bertz CT molecular complexity index is 662. The van der Waals surface area contributed by atoms with Gasteiger partial charge in [0.2, 0.25) is 0 Å². The number of benzene rings is 1. The third kappa shape index (κ3) is 6.68. The molecule has 0 bridgehead atoms. The summed E-state index contributed by atoms with van der Waals surface area (Å²) in [4.78, 5) is 26.0. The van der Waals surface area contributed by atoms with Crippen LogP contribution in [0.15, 0.2) is 36.4 Å². The topological polar surface area (TPSA) is 65.1 Å². The fourth-order valence-corrected chi connectivity index (χ4v) is 3.08. The molecule has 1 aliphatic rings. The van der Waals surface area contributed by atoms with Crippen molar-refractivity contribution >= 4 is 12.4 Å². The minimum absolute atomic E-state index is 0.125. The zero-order valence-corrected chi connectivity index (χ0v) is 17.2. The highest BCUT2D eigenvalue weighted by Gasteiger charge is 2.33. The predicted molar refractivity (Wildman–Crippen MR) is 107 cm³/mol. The number of hydrogen-bond donors (Lipinski definition) is 0. The van der Waals surface area contributed by atoms with Crippen LogP contribution in [0.25, 0.3) is 0 Å². The summed E-state index contributed by atoms with van der Waals surface area (Å²) in [5.74, 6) is 0.669. The molecule has 1 heterocycles. The van der Waals surface area contributed by atoms with Crippen LogP contribution in [0.3, 0.4) is 0 Å². The van der Waals surface area contributed by atoms with Gasteiger partial charge in [-0.05, 0) is 51.3 Å². The number of aldehydes is 1. The van der Waals surface area contributed by atoms with Gasteiger partial charge in [-0.15, -0.1) is 0 Å². The van der Waals surface area contributed by atoms with Crippen molar-refractivity contribution in [2.75, 3.05) is 20.3 Å². The third-order valence-electron chi connectivity index (χ3n) is 4.51. The van der Waals surface area contributed by atoms with E-state index in [9.17, 15) is 9.59 Å². The van der Waals surface area contributed by atoms with E-state index < -0.39 is 17.7 Å². The van der Waals surface area contributed by atoms with Crippen LogP contribution in [0.1, 0.15) is 39.2 Å². The van der Waals surface area contributed by atoms with E-state index >= 15 is 0 Å². The molecule has 0 fully saturated rings. The number of carbonyl (C=O) groups excluding carboxylic acids is 2. The van der Waals surface area contributed by atoms with E-state index in [1.54, 1.807) is 7.11 Å². The molecule has 0 saturated carbocycles. The molecular weight excluding hydrogens is 358 g/mol. The zero-order chi connectivity index (χ0) is 20.6. The van der Waals surface area contributed by atoms with Gasteiger partial charge in [0.15, 0.2) is 0 Å². The molecule has 0 aromatic heterocycles. The number of hydrogen-bond acceptors (Lipinski definition) is 5. The van der Waals surface area contributed by atoms with E-state index in [-0.39, 0.29) is 5.92 Å². The minimum atomic E-state index is -0.608. The molecule has 0 spiro atoms. The monoisotopic (exact) mass is 389 g/mol. The number of nitrogens with zero attached hydrogens (tertiary/aromatic N) is 1. The quantitative estimate of drug-likeness (QED) is 0.544. The number of rotatable bonds is 6. The highest BCUT2D eigenvalue weighted by Crippen LogP contribution is 2.22. The van der Waals surface area contributed by atoms with Crippen molar-refractivity contribution in [1.82, 2.24) is 4.90 Å². The average molecular weight is 389 g/mol. The summed E-state index contributed by atoms with van der Waals surface area (Å²) in [6, 6.07) is 7.09. The maximum atomic E-state index is 12.6. The van der Waals surface area contributed by atoms with Crippen LogP contribution in [-0.2, 0) is 20.9 Å². The van der Waals surface area contributed by atoms with Crippen molar-refractivity contribution < 1.29 is 23.8 Å². The fourth-order valence-electron chi connectivity index (χ4n) is 3.08. The van der Waals surface area contributed by atoms with Crippen molar-refractivity contribution in [3.8, 4) is 5.75 Å². The van der Waals surface area contributed by atoms with Crippen LogP contribution in [0.2, 0.25) is 0 Å². The molecule has 6 nitrogen and oxygen atoms in total. The van der Waals surface area contributed by atoms with E-state index in [1.807, 2.05) is 51.1 Å². The molecule has 2 rings (SSSR count). The first-order chi connectivity index (χ1) is 13.3. The average Bonchev–Trinajstić information content (AvgIpc) is 2.62. The van der Waals surface area contributed by atoms with E-state index in [4.69, 9.17) is 14.2 Å². The lowest BCUT2D eigenvalue weighted by atomic mass is 9.94. The second-order valence-corrected chi connectivity index (χ2v) is 7.92. The number of amides is 1. The van der Waals surface area contributed by atoms with Gasteiger partial charge < -0.3 is 19.0 Å². The summed E-state index contributed by atoms with van der Waals surface area (Å²) in [6.45, 7) is 6.71. The minimum Gasteiger partial charge on any atom is -0.497 e. The molecule has 0 N–H and O–H groups in total. The highest BCUT2D eigenvalue weighted by molar-refractivity contribution is 5.74. The summed E-state index contributed by atoms with van der Waals surface area (Å²) in [6.07, 6.45) is 5.85. The molecule has 2 atom stereocenters. The van der Waals surface area contributed by atoms with Gasteiger partial charge in [-0.2, -0.15) is 0 Å². The fraction of sp³-hybridized carbons (Fsp3) is 0.545. The molecule has 154 valence electrons. The predicted octanol–water partition coefficient (Wildman–Crippen LogP) is 3.98. The van der Waals surface area contributed by atoms with Gasteiger partial charge in [-0.3, -0.25) is 4.90 Å². The molecule has 1 aromatic rings. The van der Waals surface area contributed by atoms with Crippen molar-refractivity contribution in [2.24, 2.45) is 5.92 Å². The summed E-state index contributed by atoms with van der Waals surface area (Å²) in [5.41, 5.74) is 0.414. The number of allylic oxidation sites excluding steroid dienone is 1. The van der Waals surface area contributed by atoms with Crippen molar-refractivity contribution in [3.63, 3.8) is 0 Å². The maximum absolute atomic E-state index is 12.6. The zero-order valence-electron chi connectivity index (χ0n) is 17.2. The lowest BCUT2D eigenvalue weighted by Crippen LogP contribution is -2.49. The second kappa shape index (κ2) is 10.3. The number of methoxy groups -OCH3 is 1. The first-order valence-electron chi connectivity index (χ1n) is 9.64. The Morgan fingerprint density at radius 1 is 1.21 bits per heavy atom. The summed E-state index contributed by atoms with van der Waals surface area (Å²) >= 11 is 0. The number of carbonyl (C=O) groups is 2. The first kappa shape index (κ1) is 22.0. The lowest BCUT2D eigenvalue weighted by Gasteiger charge is -2.35. The Balaban J connectivity index is 2.02. The van der Waals surface area contributed by atoms with Gasteiger partial charge in [0.05, 0.1) is 26.4 Å². The van der Waals surface area contributed by atoms with Crippen molar-refractivity contribution in [2.45, 2.75) is 51.9 Å². The molecule has 0 radical (unpaired) electrons. The maximum Gasteiger partial charge on any atom is 0.410 e. The summed E-state index contributed by atoms with van der Waals surface area (Å²) in [5, 5.41) is 0. The van der Waals surface area contributed by atoms with Crippen LogP contribution in [0.5, 0.6) is 5.75 Å². The summed E-state index contributed by atoms with van der Waals surface area (Å²) < 4.78 is 16.5.